The molecule has 1 heterocycles. The molecule has 1 N–H and O–H groups in total. The lowest BCUT2D eigenvalue weighted by Crippen LogP contribution is -2.13. The zero-order valence-electron chi connectivity index (χ0n) is 8.97. The van der Waals surface area contributed by atoms with Gasteiger partial charge in [-0.15, -0.1) is 11.3 Å². The van der Waals surface area contributed by atoms with Crippen LogP contribution in [-0.4, -0.2) is 11.1 Å². The van der Waals surface area contributed by atoms with Gasteiger partial charge in [-0.2, -0.15) is 0 Å². The summed E-state index contributed by atoms with van der Waals surface area (Å²) in [6.45, 7) is 0. The van der Waals surface area contributed by atoms with E-state index in [2.05, 4.69) is 0 Å². The number of hydrogen-bond donors (Lipinski definition) is 1. The second-order valence-corrected chi connectivity index (χ2v) is 5.20. The van der Waals surface area contributed by atoms with Crippen LogP contribution in [0.15, 0.2) is 41.8 Å². The van der Waals surface area contributed by atoms with Crippen molar-refractivity contribution in [3.05, 3.63) is 57.2 Å². The molecule has 0 aliphatic heterocycles. The second-order valence-electron chi connectivity index (χ2n) is 3.73. The van der Waals surface area contributed by atoms with Gasteiger partial charge in [-0.1, -0.05) is 29.8 Å². The number of aliphatic carboxylic acids is 1. The summed E-state index contributed by atoms with van der Waals surface area (Å²) in [6.07, 6.45) is 0.507. The topological polar surface area (TPSA) is 37.3 Å². The van der Waals surface area contributed by atoms with Crippen molar-refractivity contribution in [1.29, 1.82) is 0 Å². The van der Waals surface area contributed by atoms with Gasteiger partial charge in [-0.25, -0.2) is 0 Å². The van der Waals surface area contributed by atoms with E-state index >= 15 is 0 Å². The number of carbonyl (C=O) groups is 1. The smallest absolute Gasteiger partial charge is 0.311 e. The van der Waals surface area contributed by atoms with E-state index in [1.54, 1.807) is 35.6 Å². The zero-order chi connectivity index (χ0) is 12.3. The lowest BCUT2D eigenvalue weighted by Gasteiger charge is -2.11. The molecule has 0 aliphatic carbocycles. The molecule has 2 rings (SSSR count). The van der Waals surface area contributed by atoms with Crippen LogP contribution >= 0.6 is 22.9 Å². The number of carboxylic acids is 1. The van der Waals surface area contributed by atoms with Crippen LogP contribution in [-0.2, 0) is 11.2 Å². The average molecular weight is 267 g/mol. The molecule has 0 saturated carbocycles. The fourth-order valence-electron chi connectivity index (χ4n) is 1.70. The van der Waals surface area contributed by atoms with Crippen molar-refractivity contribution in [2.45, 2.75) is 12.3 Å². The van der Waals surface area contributed by atoms with Crippen LogP contribution in [0.5, 0.6) is 0 Å². The van der Waals surface area contributed by atoms with Gasteiger partial charge in [0.05, 0.1) is 5.92 Å². The quantitative estimate of drug-likeness (QED) is 0.914. The highest BCUT2D eigenvalue weighted by atomic mass is 35.5. The summed E-state index contributed by atoms with van der Waals surface area (Å²) in [5.74, 6) is -1.35. The van der Waals surface area contributed by atoms with Gasteiger partial charge in [-0.05, 0) is 35.6 Å². The molecule has 1 aromatic heterocycles. The molecule has 2 nitrogen and oxygen atoms in total. The Kier molecular flexibility index (Phi) is 3.82. The summed E-state index contributed by atoms with van der Waals surface area (Å²) in [5, 5.41) is 11.8. The molecule has 0 aliphatic rings. The SMILES string of the molecule is O=C(O)C(Cc1cccs1)c1cccc(Cl)c1. The zero-order valence-corrected chi connectivity index (χ0v) is 10.5. The Labute approximate surface area is 108 Å². The van der Waals surface area contributed by atoms with Gasteiger partial charge in [0, 0.05) is 9.90 Å². The predicted molar refractivity (Wildman–Crippen MR) is 69.9 cm³/mol. The Morgan fingerprint density at radius 3 is 2.76 bits per heavy atom. The highest BCUT2D eigenvalue weighted by Crippen LogP contribution is 2.25. The highest BCUT2D eigenvalue weighted by molar-refractivity contribution is 7.09. The minimum absolute atomic E-state index is 0.507. The summed E-state index contributed by atoms with van der Waals surface area (Å²) in [5.41, 5.74) is 0.749. The van der Waals surface area contributed by atoms with Crippen LogP contribution in [0.3, 0.4) is 0 Å². The van der Waals surface area contributed by atoms with Crippen molar-refractivity contribution in [2.75, 3.05) is 0 Å². The van der Waals surface area contributed by atoms with Crippen LogP contribution in [0.2, 0.25) is 5.02 Å². The van der Waals surface area contributed by atoms with Gasteiger partial charge in [-0.3, -0.25) is 4.79 Å². The molecule has 17 heavy (non-hydrogen) atoms. The van der Waals surface area contributed by atoms with Gasteiger partial charge in [0.15, 0.2) is 0 Å². The Balaban J connectivity index is 2.26. The third-order valence-corrected chi connectivity index (χ3v) is 3.67. The standard InChI is InChI=1S/C13H11ClO2S/c14-10-4-1-3-9(7-10)12(13(15)16)8-11-5-2-6-17-11/h1-7,12H,8H2,(H,15,16). The molecule has 2 aromatic rings. The van der Waals surface area contributed by atoms with Crippen molar-refractivity contribution in [1.82, 2.24) is 0 Å². The Morgan fingerprint density at radius 1 is 1.35 bits per heavy atom. The summed E-state index contributed by atoms with van der Waals surface area (Å²) >= 11 is 7.46. The molecule has 0 radical (unpaired) electrons. The Morgan fingerprint density at radius 2 is 2.18 bits per heavy atom. The molecule has 0 fully saturated rings. The van der Waals surface area contributed by atoms with Crippen molar-refractivity contribution in [3.8, 4) is 0 Å². The Hall–Kier alpha value is -1.32. The summed E-state index contributed by atoms with van der Waals surface area (Å²) in [7, 11) is 0. The number of benzene rings is 1. The molecule has 88 valence electrons. The first-order chi connectivity index (χ1) is 8.16. The minimum atomic E-state index is -0.819. The third kappa shape index (κ3) is 3.08. The molecule has 1 unspecified atom stereocenters. The van der Waals surface area contributed by atoms with Crippen LogP contribution in [0.1, 0.15) is 16.4 Å². The monoisotopic (exact) mass is 266 g/mol. The maximum Gasteiger partial charge on any atom is 0.311 e. The molecule has 1 atom stereocenters. The molecule has 0 bridgehead atoms. The minimum Gasteiger partial charge on any atom is -0.481 e. The number of rotatable bonds is 4. The first-order valence-corrected chi connectivity index (χ1v) is 6.43. The molecular formula is C13H11ClO2S. The first-order valence-electron chi connectivity index (χ1n) is 5.17. The van der Waals surface area contributed by atoms with Gasteiger partial charge in [0.25, 0.3) is 0 Å². The number of carboxylic acid groups (broad SMARTS) is 1. The van der Waals surface area contributed by atoms with Crippen molar-refractivity contribution in [2.24, 2.45) is 0 Å². The van der Waals surface area contributed by atoms with E-state index in [-0.39, 0.29) is 0 Å². The molecule has 4 heteroatoms. The average Bonchev–Trinajstić information content (AvgIpc) is 2.78. The van der Waals surface area contributed by atoms with E-state index in [4.69, 9.17) is 11.6 Å². The largest absolute Gasteiger partial charge is 0.481 e. The summed E-state index contributed by atoms with van der Waals surface area (Å²) < 4.78 is 0. The van der Waals surface area contributed by atoms with Crippen LogP contribution in [0.25, 0.3) is 0 Å². The molecule has 0 saturated heterocycles. The van der Waals surface area contributed by atoms with E-state index in [9.17, 15) is 9.90 Å². The number of hydrogen-bond acceptors (Lipinski definition) is 2. The normalized spacial score (nSPS) is 12.3. The fraction of sp³-hybridized carbons (Fsp3) is 0.154. The van der Waals surface area contributed by atoms with Crippen molar-refractivity contribution >= 4 is 28.9 Å². The van der Waals surface area contributed by atoms with Crippen molar-refractivity contribution in [3.63, 3.8) is 0 Å². The van der Waals surface area contributed by atoms with Gasteiger partial charge >= 0.3 is 5.97 Å². The summed E-state index contributed by atoms with van der Waals surface area (Å²) in [6, 6.07) is 10.9. The van der Waals surface area contributed by atoms with E-state index < -0.39 is 11.9 Å². The second kappa shape index (κ2) is 5.34. The third-order valence-electron chi connectivity index (χ3n) is 2.53. The lowest BCUT2D eigenvalue weighted by atomic mass is 9.95. The van der Waals surface area contributed by atoms with Crippen LogP contribution < -0.4 is 0 Å². The van der Waals surface area contributed by atoms with Gasteiger partial charge < -0.3 is 5.11 Å². The van der Waals surface area contributed by atoms with E-state index in [0.717, 1.165) is 10.4 Å². The molecule has 1 aromatic carbocycles. The van der Waals surface area contributed by atoms with E-state index in [1.165, 1.54) is 0 Å². The number of thiophene rings is 1. The predicted octanol–water partition coefficient (Wildman–Crippen LogP) is 3.81. The first kappa shape index (κ1) is 12.1. The molecule has 0 spiro atoms. The highest BCUT2D eigenvalue weighted by Gasteiger charge is 2.20. The van der Waals surface area contributed by atoms with Gasteiger partial charge in [0.1, 0.15) is 0 Å². The molecule has 0 amide bonds. The van der Waals surface area contributed by atoms with Crippen LogP contribution in [0.4, 0.5) is 0 Å². The van der Waals surface area contributed by atoms with E-state index in [1.807, 2.05) is 17.5 Å². The lowest BCUT2D eigenvalue weighted by molar-refractivity contribution is -0.138. The van der Waals surface area contributed by atoms with Crippen LogP contribution in [0, 0.1) is 0 Å². The fourth-order valence-corrected chi connectivity index (χ4v) is 2.65. The Bertz CT molecular complexity index is 508. The molecular weight excluding hydrogens is 256 g/mol. The summed E-state index contributed by atoms with van der Waals surface area (Å²) in [4.78, 5) is 12.4. The van der Waals surface area contributed by atoms with Gasteiger partial charge in [0.2, 0.25) is 0 Å². The number of halogens is 1. The van der Waals surface area contributed by atoms with E-state index in [0.29, 0.717) is 11.4 Å². The van der Waals surface area contributed by atoms with Crippen molar-refractivity contribution < 1.29 is 9.90 Å². The maximum atomic E-state index is 11.3. The maximum absolute atomic E-state index is 11.3.